The molecule has 2 atom stereocenters. The lowest BCUT2D eigenvalue weighted by Gasteiger charge is -2.19. The number of hydrogen-bond acceptors (Lipinski definition) is 7. The van der Waals surface area contributed by atoms with E-state index in [-0.39, 0.29) is 25.6 Å². The van der Waals surface area contributed by atoms with Crippen molar-refractivity contribution in [2.24, 2.45) is 0 Å². The SMILES string of the molecule is CCCCC/C=C\C/C=C\C/C=C\CCCCCCCCC(=O)OC(COC(=O)CCCCCCCCCCCCCCCC)COP(=O)(O)OCC. The van der Waals surface area contributed by atoms with Gasteiger partial charge in [0.1, 0.15) is 6.61 Å². The highest BCUT2D eigenvalue weighted by molar-refractivity contribution is 7.47. The molecular weight excluding hydrogens is 687 g/mol. The van der Waals surface area contributed by atoms with E-state index in [2.05, 4.69) is 50.3 Å². The van der Waals surface area contributed by atoms with Crippen LogP contribution in [0.15, 0.2) is 36.5 Å². The van der Waals surface area contributed by atoms with Crippen LogP contribution in [0.1, 0.15) is 207 Å². The number of carbonyl (C=O) groups excluding carboxylic acids is 2. The molecular formula is C44H81O8P. The van der Waals surface area contributed by atoms with Gasteiger partial charge in [0.05, 0.1) is 13.2 Å². The van der Waals surface area contributed by atoms with Crippen LogP contribution in [0.3, 0.4) is 0 Å². The van der Waals surface area contributed by atoms with E-state index >= 15 is 0 Å². The normalized spacial score (nSPS) is 13.7. The first-order chi connectivity index (χ1) is 25.8. The second-order valence-corrected chi connectivity index (χ2v) is 15.8. The third kappa shape index (κ3) is 39.8. The van der Waals surface area contributed by atoms with E-state index in [1.54, 1.807) is 6.92 Å². The first kappa shape index (κ1) is 51.3. The van der Waals surface area contributed by atoms with Crippen molar-refractivity contribution in [3.8, 4) is 0 Å². The molecule has 0 fully saturated rings. The molecule has 0 saturated heterocycles. The molecule has 310 valence electrons. The molecule has 0 bridgehead atoms. The van der Waals surface area contributed by atoms with Crippen molar-refractivity contribution in [2.75, 3.05) is 19.8 Å². The quantitative estimate of drug-likeness (QED) is 0.0284. The van der Waals surface area contributed by atoms with Gasteiger partial charge in [-0.15, -0.1) is 0 Å². The van der Waals surface area contributed by atoms with Gasteiger partial charge in [-0.1, -0.05) is 172 Å². The maximum Gasteiger partial charge on any atom is 0.472 e. The third-order valence-electron chi connectivity index (χ3n) is 9.20. The van der Waals surface area contributed by atoms with Gasteiger partial charge in [-0.25, -0.2) is 4.57 Å². The number of ether oxygens (including phenoxy) is 2. The van der Waals surface area contributed by atoms with E-state index in [4.69, 9.17) is 18.5 Å². The molecule has 0 aliphatic carbocycles. The summed E-state index contributed by atoms with van der Waals surface area (Å²) in [6.07, 6.45) is 44.7. The summed E-state index contributed by atoms with van der Waals surface area (Å²) in [5, 5.41) is 0. The molecule has 0 aromatic heterocycles. The van der Waals surface area contributed by atoms with Crippen molar-refractivity contribution < 1.29 is 37.6 Å². The minimum absolute atomic E-state index is 0.00170. The number of phosphoric ester groups is 1. The van der Waals surface area contributed by atoms with Gasteiger partial charge >= 0.3 is 19.8 Å². The zero-order valence-corrected chi connectivity index (χ0v) is 35.3. The first-order valence-corrected chi connectivity index (χ1v) is 23.3. The summed E-state index contributed by atoms with van der Waals surface area (Å²) in [6, 6.07) is 0. The number of hydrogen-bond donors (Lipinski definition) is 1. The van der Waals surface area contributed by atoms with E-state index in [1.807, 2.05) is 0 Å². The molecule has 0 saturated carbocycles. The summed E-state index contributed by atoms with van der Waals surface area (Å²) in [5.74, 6) is -0.807. The lowest BCUT2D eigenvalue weighted by atomic mass is 10.0. The predicted octanol–water partition coefficient (Wildman–Crippen LogP) is 13.6. The zero-order valence-electron chi connectivity index (χ0n) is 34.4. The molecule has 0 spiro atoms. The van der Waals surface area contributed by atoms with Crippen LogP contribution < -0.4 is 0 Å². The van der Waals surface area contributed by atoms with Gasteiger partial charge in [0.2, 0.25) is 0 Å². The second-order valence-electron chi connectivity index (χ2n) is 14.4. The monoisotopic (exact) mass is 769 g/mol. The molecule has 0 aromatic rings. The Kier molecular flexibility index (Phi) is 38.6. The lowest BCUT2D eigenvalue weighted by Crippen LogP contribution is -2.29. The first-order valence-electron chi connectivity index (χ1n) is 21.8. The Morgan fingerprint density at radius 1 is 0.509 bits per heavy atom. The summed E-state index contributed by atoms with van der Waals surface area (Å²) in [4.78, 5) is 34.7. The van der Waals surface area contributed by atoms with Crippen molar-refractivity contribution in [3.63, 3.8) is 0 Å². The van der Waals surface area contributed by atoms with E-state index in [0.717, 1.165) is 57.8 Å². The number of carbonyl (C=O) groups is 2. The minimum Gasteiger partial charge on any atom is -0.462 e. The number of phosphoric acid groups is 1. The van der Waals surface area contributed by atoms with Crippen LogP contribution in [0.5, 0.6) is 0 Å². The summed E-state index contributed by atoms with van der Waals surface area (Å²) in [7, 11) is -4.28. The van der Waals surface area contributed by atoms with Gasteiger partial charge in [0.15, 0.2) is 6.10 Å². The van der Waals surface area contributed by atoms with Crippen molar-refractivity contribution in [3.05, 3.63) is 36.5 Å². The predicted molar refractivity (Wildman–Crippen MR) is 221 cm³/mol. The summed E-state index contributed by atoms with van der Waals surface area (Å²) >= 11 is 0. The van der Waals surface area contributed by atoms with Crippen molar-refractivity contribution in [1.29, 1.82) is 0 Å². The summed E-state index contributed by atoms with van der Waals surface area (Å²) in [5.41, 5.74) is 0. The van der Waals surface area contributed by atoms with Crippen LogP contribution in [0.25, 0.3) is 0 Å². The Morgan fingerprint density at radius 3 is 1.40 bits per heavy atom. The highest BCUT2D eigenvalue weighted by Crippen LogP contribution is 2.43. The second kappa shape index (κ2) is 39.9. The number of esters is 2. The molecule has 2 unspecified atom stereocenters. The topological polar surface area (TPSA) is 108 Å². The molecule has 8 nitrogen and oxygen atoms in total. The van der Waals surface area contributed by atoms with Crippen LogP contribution in [0.2, 0.25) is 0 Å². The average molecular weight is 769 g/mol. The third-order valence-corrected chi connectivity index (χ3v) is 10.3. The van der Waals surface area contributed by atoms with Gasteiger partial charge in [-0.3, -0.25) is 18.6 Å². The fourth-order valence-corrected chi connectivity index (χ4v) is 6.74. The molecule has 0 aliphatic rings. The molecule has 0 rings (SSSR count). The Hall–Kier alpha value is -1.73. The van der Waals surface area contributed by atoms with Crippen LogP contribution >= 0.6 is 7.82 Å². The Morgan fingerprint density at radius 2 is 0.906 bits per heavy atom. The van der Waals surface area contributed by atoms with Crippen LogP contribution in [0, 0.1) is 0 Å². The highest BCUT2D eigenvalue weighted by Gasteiger charge is 2.25. The van der Waals surface area contributed by atoms with Crippen molar-refractivity contribution in [1.82, 2.24) is 0 Å². The zero-order chi connectivity index (χ0) is 38.9. The lowest BCUT2D eigenvalue weighted by molar-refractivity contribution is -0.161. The summed E-state index contributed by atoms with van der Waals surface area (Å²) < 4.78 is 32.6. The molecule has 9 heteroatoms. The molecule has 0 aliphatic heterocycles. The van der Waals surface area contributed by atoms with Gasteiger partial charge in [0.25, 0.3) is 0 Å². The molecule has 53 heavy (non-hydrogen) atoms. The van der Waals surface area contributed by atoms with Crippen LogP contribution in [-0.4, -0.2) is 42.8 Å². The molecule has 0 amide bonds. The maximum atomic E-state index is 12.6. The standard InChI is InChI=1S/C44H81O8P/c1-4-7-9-11-13-15-17-19-21-22-23-24-25-27-29-31-33-35-37-39-44(46)52-42(41-51-53(47,48)50-6-3)40-49-43(45)38-36-34-32-30-28-26-20-18-16-14-12-10-8-5-2/h13,15,19,21,23-24,42H,4-12,14,16-18,20,22,25-41H2,1-3H3,(H,47,48)/b15-13-,21-19-,24-23-. The van der Waals surface area contributed by atoms with Crippen molar-refractivity contribution in [2.45, 2.75) is 213 Å². The maximum absolute atomic E-state index is 12.6. The van der Waals surface area contributed by atoms with Crippen molar-refractivity contribution >= 4 is 19.8 Å². The minimum atomic E-state index is -4.28. The molecule has 0 radical (unpaired) electrons. The van der Waals surface area contributed by atoms with E-state index < -0.39 is 26.5 Å². The molecule has 0 aromatic carbocycles. The van der Waals surface area contributed by atoms with Crippen LogP contribution in [0.4, 0.5) is 0 Å². The smallest absolute Gasteiger partial charge is 0.462 e. The number of allylic oxidation sites excluding steroid dienone is 6. The van der Waals surface area contributed by atoms with Gasteiger partial charge in [0, 0.05) is 12.8 Å². The Labute approximate surface area is 325 Å². The number of unbranched alkanes of at least 4 members (excludes halogenated alkanes) is 22. The highest BCUT2D eigenvalue weighted by atomic mass is 31.2. The largest absolute Gasteiger partial charge is 0.472 e. The van der Waals surface area contributed by atoms with E-state index in [1.165, 1.54) is 109 Å². The van der Waals surface area contributed by atoms with Gasteiger partial charge < -0.3 is 14.4 Å². The fraction of sp³-hybridized carbons (Fsp3) is 0.818. The fourth-order valence-electron chi connectivity index (χ4n) is 5.99. The molecule has 1 N–H and O–H groups in total. The average Bonchev–Trinajstić information content (AvgIpc) is 3.13. The van der Waals surface area contributed by atoms with Gasteiger partial charge in [-0.05, 0) is 58.3 Å². The summed E-state index contributed by atoms with van der Waals surface area (Å²) in [6.45, 7) is 5.44. The van der Waals surface area contributed by atoms with Gasteiger partial charge in [-0.2, -0.15) is 0 Å². The van der Waals surface area contributed by atoms with E-state index in [9.17, 15) is 19.0 Å². The molecule has 0 heterocycles. The Balaban J connectivity index is 4.10. The van der Waals surface area contributed by atoms with Crippen LogP contribution in [-0.2, 0) is 32.7 Å². The Bertz CT molecular complexity index is 963. The van der Waals surface area contributed by atoms with E-state index in [0.29, 0.717) is 12.8 Å². The number of rotatable bonds is 40.